The summed E-state index contributed by atoms with van der Waals surface area (Å²) in [5.41, 5.74) is 0.706. The second kappa shape index (κ2) is 9.59. The summed E-state index contributed by atoms with van der Waals surface area (Å²) in [6.45, 7) is 5.05. The fourth-order valence-electron chi connectivity index (χ4n) is 6.16. The number of rotatable bonds is 6. The summed E-state index contributed by atoms with van der Waals surface area (Å²) in [5.74, 6) is -0.978. The van der Waals surface area contributed by atoms with Gasteiger partial charge in [0.2, 0.25) is 11.8 Å². The lowest BCUT2D eigenvalue weighted by atomic mass is 9.78. The summed E-state index contributed by atoms with van der Waals surface area (Å²) in [6.07, 6.45) is 8.84. The molecule has 1 unspecified atom stereocenters. The summed E-state index contributed by atoms with van der Waals surface area (Å²) in [7, 11) is 1.59. The summed E-state index contributed by atoms with van der Waals surface area (Å²) < 4.78 is 4.38. The topological polar surface area (TPSA) is 90.4 Å². The molecule has 3 amide bonds. The van der Waals surface area contributed by atoms with Crippen LogP contribution in [0.2, 0.25) is 0 Å². The molecule has 2 saturated heterocycles. The number of thioether (sulfide) groups is 1. The van der Waals surface area contributed by atoms with Crippen LogP contribution in [-0.4, -0.2) is 88.1 Å². The molecule has 4 aliphatic rings. The predicted octanol–water partition coefficient (Wildman–Crippen LogP) is 2.08. The van der Waals surface area contributed by atoms with E-state index in [1.165, 1.54) is 0 Å². The number of hydrogen-bond donors (Lipinski definition) is 1. The molecule has 0 saturated carbocycles. The van der Waals surface area contributed by atoms with Crippen molar-refractivity contribution in [1.29, 1.82) is 0 Å². The minimum Gasteiger partial charge on any atom is -0.497 e. The first-order valence-electron chi connectivity index (χ1n) is 12.6. The van der Waals surface area contributed by atoms with Gasteiger partial charge in [-0.1, -0.05) is 31.2 Å². The first-order chi connectivity index (χ1) is 17.4. The van der Waals surface area contributed by atoms with Gasteiger partial charge in [-0.15, -0.1) is 11.8 Å². The van der Waals surface area contributed by atoms with Gasteiger partial charge in [0.1, 0.15) is 11.8 Å². The molecule has 0 aliphatic carbocycles. The van der Waals surface area contributed by atoms with E-state index >= 15 is 0 Å². The molecule has 192 valence electrons. The Morgan fingerprint density at radius 2 is 1.86 bits per heavy atom. The highest BCUT2D eigenvalue weighted by Crippen LogP contribution is 2.61. The van der Waals surface area contributed by atoms with Gasteiger partial charge >= 0.3 is 0 Å². The Bertz CT molecular complexity index is 1110. The Morgan fingerprint density at radius 3 is 2.53 bits per heavy atom. The number of likely N-dealkylation sites (tertiary alicyclic amines) is 1. The van der Waals surface area contributed by atoms with Crippen LogP contribution in [0.5, 0.6) is 5.75 Å². The van der Waals surface area contributed by atoms with Crippen molar-refractivity contribution in [3.05, 3.63) is 48.6 Å². The zero-order valence-electron chi connectivity index (χ0n) is 20.9. The molecule has 4 aliphatic heterocycles. The first-order valence-corrected chi connectivity index (χ1v) is 13.4. The van der Waals surface area contributed by atoms with Crippen molar-refractivity contribution in [2.45, 2.75) is 42.3 Å². The quantitative estimate of drug-likeness (QED) is 0.589. The lowest BCUT2D eigenvalue weighted by molar-refractivity contribution is -0.144. The Kier molecular flexibility index (Phi) is 6.63. The molecule has 1 aromatic rings. The molecule has 6 atom stereocenters. The Balaban J connectivity index is 1.60. The smallest absolute Gasteiger partial charge is 0.251 e. The van der Waals surface area contributed by atoms with E-state index in [9.17, 15) is 19.5 Å². The van der Waals surface area contributed by atoms with Gasteiger partial charge in [0.05, 0.1) is 36.3 Å². The van der Waals surface area contributed by atoms with Gasteiger partial charge in [0.25, 0.3) is 5.91 Å². The second-order valence-corrected chi connectivity index (χ2v) is 11.4. The van der Waals surface area contributed by atoms with E-state index in [-0.39, 0.29) is 29.6 Å². The Morgan fingerprint density at radius 1 is 1.11 bits per heavy atom. The molecule has 0 radical (unpaired) electrons. The SMILES string of the molecule is CCCN1CC=C[C@@H]2S[C@]34C=CCN(c5ccc(OC)cc5)C(=O)C3N([C@H](C)CO)C(=O)[C@@H]4[C@@H]2C1=O. The molecule has 9 heteroatoms. The number of anilines is 1. The molecule has 8 nitrogen and oxygen atoms in total. The number of ether oxygens (including phenoxy) is 1. The van der Waals surface area contributed by atoms with Crippen LogP contribution in [0.15, 0.2) is 48.6 Å². The molecule has 36 heavy (non-hydrogen) atoms. The third-order valence-electron chi connectivity index (χ3n) is 7.80. The largest absolute Gasteiger partial charge is 0.497 e. The van der Waals surface area contributed by atoms with Gasteiger partial charge < -0.3 is 24.5 Å². The monoisotopic (exact) mass is 511 g/mol. The minimum atomic E-state index is -0.886. The summed E-state index contributed by atoms with van der Waals surface area (Å²) in [4.78, 5) is 47.2. The maximum atomic E-state index is 14.3. The van der Waals surface area contributed by atoms with Crippen LogP contribution in [0.4, 0.5) is 5.69 Å². The van der Waals surface area contributed by atoms with Crippen LogP contribution in [0, 0.1) is 11.8 Å². The average Bonchev–Trinajstić information content (AvgIpc) is 3.21. The molecule has 1 aromatic carbocycles. The molecule has 0 aromatic heterocycles. The minimum absolute atomic E-state index is 0.0241. The van der Waals surface area contributed by atoms with Gasteiger partial charge in [-0.3, -0.25) is 14.4 Å². The highest BCUT2D eigenvalue weighted by Gasteiger charge is 2.71. The van der Waals surface area contributed by atoms with Crippen molar-refractivity contribution in [3.63, 3.8) is 0 Å². The van der Waals surface area contributed by atoms with E-state index < -0.39 is 28.7 Å². The normalized spacial score (nSPS) is 32.2. The van der Waals surface area contributed by atoms with Crippen molar-refractivity contribution in [1.82, 2.24) is 9.80 Å². The zero-order chi connectivity index (χ0) is 25.6. The van der Waals surface area contributed by atoms with Gasteiger partial charge in [-0.25, -0.2) is 0 Å². The van der Waals surface area contributed by atoms with Crippen LogP contribution in [0.1, 0.15) is 20.3 Å². The number of nitrogens with zero attached hydrogens (tertiary/aromatic N) is 3. The van der Waals surface area contributed by atoms with E-state index in [1.54, 1.807) is 47.7 Å². The van der Waals surface area contributed by atoms with Gasteiger partial charge in [0.15, 0.2) is 0 Å². The molecule has 0 bridgehead atoms. The lowest BCUT2D eigenvalue weighted by Crippen LogP contribution is -2.56. The maximum Gasteiger partial charge on any atom is 0.251 e. The molecular formula is C27H33N3O5S. The molecule has 5 rings (SSSR count). The van der Waals surface area contributed by atoms with E-state index in [1.807, 2.05) is 48.3 Å². The maximum absolute atomic E-state index is 14.3. The fourth-order valence-corrected chi connectivity index (χ4v) is 8.15. The van der Waals surface area contributed by atoms with Gasteiger partial charge in [-0.2, -0.15) is 0 Å². The summed E-state index contributed by atoms with van der Waals surface area (Å²) >= 11 is 1.56. The molecule has 4 heterocycles. The lowest BCUT2D eigenvalue weighted by Gasteiger charge is -2.37. The molecule has 2 fully saturated rings. The van der Waals surface area contributed by atoms with E-state index in [0.29, 0.717) is 31.1 Å². The van der Waals surface area contributed by atoms with Crippen molar-refractivity contribution < 1.29 is 24.2 Å². The number of carbonyl (C=O) groups is 3. The highest BCUT2D eigenvalue weighted by molar-refractivity contribution is 8.02. The Labute approximate surface area is 215 Å². The molecular weight excluding hydrogens is 478 g/mol. The highest BCUT2D eigenvalue weighted by atomic mass is 32.2. The number of aliphatic hydroxyl groups excluding tert-OH is 1. The number of amides is 3. The number of hydrogen-bond acceptors (Lipinski definition) is 6. The van der Waals surface area contributed by atoms with E-state index in [2.05, 4.69) is 0 Å². The van der Waals surface area contributed by atoms with Crippen molar-refractivity contribution in [3.8, 4) is 5.75 Å². The predicted molar refractivity (Wildman–Crippen MR) is 139 cm³/mol. The molecule has 1 N–H and O–H groups in total. The van der Waals surface area contributed by atoms with Crippen LogP contribution < -0.4 is 9.64 Å². The number of aliphatic hydroxyl groups is 1. The van der Waals surface area contributed by atoms with Gasteiger partial charge in [0, 0.05) is 30.6 Å². The Hall–Kier alpha value is -2.78. The number of fused-ring (bicyclic) bond motifs is 2. The van der Waals surface area contributed by atoms with E-state index in [0.717, 1.165) is 6.42 Å². The van der Waals surface area contributed by atoms with Crippen molar-refractivity contribution >= 4 is 35.2 Å². The number of methoxy groups -OCH3 is 1. The summed E-state index contributed by atoms with van der Waals surface area (Å²) in [6, 6.07) is 5.89. The fraction of sp³-hybridized carbons (Fsp3) is 0.519. The van der Waals surface area contributed by atoms with Gasteiger partial charge in [-0.05, 0) is 37.6 Å². The van der Waals surface area contributed by atoms with Crippen LogP contribution in [0.3, 0.4) is 0 Å². The standard InChI is InChI=1S/C27H33N3O5S/c1-4-13-28-14-5-7-20-21(24(28)32)22-25(33)30(17(2)16-31)23-26(34)29(15-6-12-27(22,23)36-20)18-8-10-19(35-3)11-9-18/h5-12,17,20-23,31H,4,13-16H2,1-3H3/t17-,20+,21-,22+,23?,27+/m1/s1. The van der Waals surface area contributed by atoms with Crippen LogP contribution >= 0.6 is 11.8 Å². The number of carbonyl (C=O) groups excluding carboxylic acids is 3. The van der Waals surface area contributed by atoms with Crippen molar-refractivity contribution in [2.75, 3.05) is 38.3 Å². The average molecular weight is 512 g/mol. The third-order valence-corrected chi connectivity index (χ3v) is 9.54. The molecule has 1 spiro atoms. The van der Waals surface area contributed by atoms with Crippen LogP contribution in [0.25, 0.3) is 0 Å². The summed E-state index contributed by atoms with van der Waals surface area (Å²) in [5, 5.41) is 9.87. The first kappa shape index (κ1) is 24.9. The third kappa shape index (κ3) is 3.66. The van der Waals surface area contributed by atoms with Crippen molar-refractivity contribution in [2.24, 2.45) is 11.8 Å². The van der Waals surface area contributed by atoms with E-state index in [4.69, 9.17) is 4.74 Å². The zero-order valence-corrected chi connectivity index (χ0v) is 21.7. The van der Waals surface area contributed by atoms with Crippen LogP contribution in [-0.2, 0) is 14.4 Å². The second-order valence-electron chi connectivity index (χ2n) is 9.88. The number of benzene rings is 1.